The maximum Gasteiger partial charge on any atom is 0.308 e. The van der Waals surface area contributed by atoms with E-state index in [9.17, 15) is 4.79 Å². The van der Waals surface area contributed by atoms with Crippen molar-refractivity contribution in [3.63, 3.8) is 0 Å². The van der Waals surface area contributed by atoms with Crippen LogP contribution in [0.4, 0.5) is 5.69 Å². The number of fused-ring (bicyclic) bond motifs is 1. The summed E-state index contributed by atoms with van der Waals surface area (Å²) in [6, 6.07) is 11.0. The highest BCUT2D eigenvalue weighted by Crippen LogP contribution is 2.22. The number of hydrogen-bond donors (Lipinski definition) is 1. The maximum absolute atomic E-state index is 10.8. The van der Waals surface area contributed by atoms with Gasteiger partial charge in [0.25, 0.3) is 0 Å². The van der Waals surface area contributed by atoms with Crippen LogP contribution >= 0.6 is 0 Å². The van der Waals surface area contributed by atoms with E-state index in [2.05, 4.69) is 0 Å². The van der Waals surface area contributed by atoms with Gasteiger partial charge in [0.15, 0.2) is 0 Å². The van der Waals surface area contributed by atoms with Crippen LogP contribution in [0.1, 0.15) is 6.92 Å². The fraction of sp³-hybridized carbons (Fsp3) is 0.0833. The molecule has 0 radical (unpaired) electrons. The number of anilines is 1. The Hall–Kier alpha value is -2.03. The molecule has 0 spiro atoms. The molecule has 0 aliphatic carbocycles. The Kier molecular flexibility index (Phi) is 2.29. The molecule has 2 aromatic rings. The van der Waals surface area contributed by atoms with Crippen LogP contribution in [0.5, 0.6) is 5.75 Å². The van der Waals surface area contributed by atoms with E-state index >= 15 is 0 Å². The first-order valence-corrected chi connectivity index (χ1v) is 4.63. The number of nitrogen functional groups attached to an aromatic ring is 1. The SMILES string of the molecule is CC(=O)Oc1ccc2cc(N)ccc2c1. The van der Waals surface area contributed by atoms with Crippen molar-refractivity contribution in [2.75, 3.05) is 5.73 Å². The molecule has 0 atom stereocenters. The summed E-state index contributed by atoms with van der Waals surface area (Å²) in [4.78, 5) is 10.8. The number of carbonyl (C=O) groups excluding carboxylic acids is 1. The van der Waals surface area contributed by atoms with Crippen LogP contribution < -0.4 is 10.5 Å². The summed E-state index contributed by atoms with van der Waals surface area (Å²) in [6.07, 6.45) is 0. The molecule has 0 aromatic heterocycles. The Morgan fingerprint density at radius 3 is 2.53 bits per heavy atom. The molecule has 76 valence electrons. The van der Waals surface area contributed by atoms with E-state index in [4.69, 9.17) is 10.5 Å². The quantitative estimate of drug-likeness (QED) is 0.437. The average Bonchev–Trinajstić information content (AvgIpc) is 2.17. The first-order chi connectivity index (χ1) is 7.15. The second kappa shape index (κ2) is 3.61. The largest absolute Gasteiger partial charge is 0.427 e. The van der Waals surface area contributed by atoms with Crippen LogP contribution in [0, 0.1) is 0 Å². The van der Waals surface area contributed by atoms with Crippen LogP contribution in [0.2, 0.25) is 0 Å². The highest BCUT2D eigenvalue weighted by Gasteiger charge is 2.00. The zero-order valence-corrected chi connectivity index (χ0v) is 8.36. The second-order valence-corrected chi connectivity index (χ2v) is 3.36. The van der Waals surface area contributed by atoms with E-state index in [-0.39, 0.29) is 5.97 Å². The smallest absolute Gasteiger partial charge is 0.308 e. The van der Waals surface area contributed by atoms with Gasteiger partial charge in [0, 0.05) is 12.6 Å². The number of ether oxygens (including phenoxy) is 1. The van der Waals surface area contributed by atoms with Crippen LogP contribution in [0.3, 0.4) is 0 Å². The summed E-state index contributed by atoms with van der Waals surface area (Å²) in [5.74, 6) is 0.240. The van der Waals surface area contributed by atoms with E-state index in [1.165, 1.54) is 6.92 Å². The molecular formula is C12H11NO2. The lowest BCUT2D eigenvalue weighted by atomic mass is 10.1. The molecule has 0 bridgehead atoms. The standard InChI is InChI=1S/C12H11NO2/c1-8(14)15-12-5-3-9-6-11(13)4-2-10(9)7-12/h2-7H,13H2,1H3. The lowest BCUT2D eigenvalue weighted by Crippen LogP contribution is -2.00. The lowest BCUT2D eigenvalue weighted by molar-refractivity contribution is -0.131. The molecule has 2 N–H and O–H groups in total. The van der Waals surface area contributed by atoms with Gasteiger partial charge in [0.2, 0.25) is 0 Å². The molecule has 15 heavy (non-hydrogen) atoms. The average molecular weight is 201 g/mol. The molecule has 0 aliphatic rings. The molecule has 2 aromatic carbocycles. The number of esters is 1. The molecule has 0 fully saturated rings. The minimum atomic E-state index is -0.315. The molecule has 0 amide bonds. The molecule has 3 nitrogen and oxygen atoms in total. The molecule has 0 heterocycles. The summed E-state index contributed by atoms with van der Waals surface area (Å²) in [5, 5.41) is 2.04. The Morgan fingerprint density at radius 2 is 1.80 bits per heavy atom. The molecular weight excluding hydrogens is 190 g/mol. The third-order valence-corrected chi connectivity index (χ3v) is 2.10. The van der Waals surface area contributed by atoms with Gasteiger partial charge in [0.05, 0.1) is 0 Å². The van der Waals surface area contributed by atoms with Crippen molar-refractivity contribution in [2.24, 2.45) is 0 Å². The molecule has 0 saturated carbocycles. The number of rotatable bonds is 1. The van der Waals surface area contributed by atoms with E-state index < -0.39 is 0 Å². The third-order valence-electron chi connectivity index (χ3n) is 2.10. The molecule has 3 heteroatoms. The highest BCUT2D eigenvalue weighted by molar-refractivity contribution is 5.87. The van der Waals surface area contributed by atoms with Gasteiger partial charge in [-0.25, -0.2) is 0 Å². The molecule has 0 aliphatic heterocycles. The van der Waals surface area contributed by atoms with Crippen molar-refractivity contribution in [2.45, 2.75) is 6.92 Å². The monoisotopic (exact) mass is 201 g/mol. The van der Waals surface area contributed by atoms with Gasteiger partial charge in [-0.15, -0.1) is 0 Å². The summed E-state index contributed by atoms with van der Waals surface area (Å²) in [5.41, 5.74) is 6.38. The van der Waals surface area contributed by atoms with Crippen LogP contribution in [-0.4, -0.2) is 5.97 Å². The topological polar surface area (TPSA) is 52.3 Å². The van der Waals surface area contributed by atoms with E-state index in [0.717, 1.165) is 16.5 Å². The predicted octanol–water partition coefficient (Wildman–Crippen LogP) is 2.35. The first kappa shape index (κ1) is 9.52. The number of benzene rings is 2. The van der Waals surface area contributed by atoms with Crippen molar-refractivity contribution < 1.29 is 9.53 Å². The van der Waals surface area contributed by atoms with Crippen molar-refractivity contribution in [3.05, 3.63) is 36.4 Å². The predicted molar refractivity (Wildman–Crippen MR) is 59.7 cm³/mol. The zero-order valence-electron chi connectivity index (χ0n) is 8.36. The fourth-order valence-electron chi connectivity index (χ4n) is 1.47. The Balaban J connectivity index is 2.47. The van der Waals surface area contributed by atoms with E-state index in [1.54, 1.807) is 6.07 Å². The van der Waals surface area contributed by atoms with Crippen molar-refractivity contribution in [3.8, 4) is 5.75 Å². The minimum Gasteiger partial charge on any atom is -0.427 e. The van der Waals surface area contributed by atoms with Crippen LogP contribution in [0.25, 0.3) is 10.8 Å². The van der Waals surface area contributed by atoms with Gasteiger partial charge in [-0.2, -0.15) is 0 Å². The third kappa shape index (κ3) is 2.07. The molecule has 0 unspecified atom stereocenters. The second-order valence-electron chi connectivity index (χ2n) is 3.36. The molecule has 0 saturated heterocycles. The van der Waals surface area contributed by atoms with Crippen LogP contribution in [0.15, 0.2) is 36.4 Å². The normalized spacial score (nSPS) is 10.2. The fourth-order valence-corrected chi connectivity index (χ4v) is 1.47. The number of hydrogen-bond acceptors (Lipinski definition) is 3. The van der Waals surface area contributed by atoms with Crippen molar-refractivity contribution in [1.82, 2.24) is 0 Å². The van der Waals surface area contributed by atoms with E-state index in [1.807, 2.05) is 30.3 Å². The maximum atomic E-state index is 10.8. The number of nitrogens with two attached hydrogens (primary N) is 1. The Labute approximate surface area is 87.5 Å². The Bertz CT molecular complexity index is 520. The van der Waals surface area contributed by atoms with E-state index in [0.29, 0.717) is 5.75 Å². The van der Waals surface area contributed by atoms with Gasteiger partial charge in [-0.3, -0.25) is 4.79 Å². The summed E-state index contributed by atoms with van der Waals surface area (Å²) < 4.78 is 4.98. The highest BCUT2D eigenvalue weighted by atomic mass is 16.5. The van der Waals surface area contributed by atoms with Gasteiger partial charge in [0.1, 0.15) is 5.75 Å². The summed E-state index contributed by atoms with van der Waals surface area (Å²) in [6.45, 7) is 1.38. The minimum absolute atomic E-state index is 0.315. The summed E-state index contributed by atoms with van der Waals surface area (Å²) >= 11 is 0. The van der Waals surface area contributed by atoms with Gasteiger partial charge >= 0.3 is 5.97 Å². The van der Waals surface area contributed by atoms with Gasteiger partial charge < -0.3 is 10.5 Å². The van der Waals surface area contributed by atoms with Crippen molar-refractivity contribution in [1.29, 1.82) is 0 Å². The van der Waals surface area contributed by atoms with Gasteiger partial charge in [-0.1, -0.05) is 12.1 Å². The van der Waals surface area contributed by atoms with Crippen molar-refractivity contribution >= 4 is 22.4 Å². The first-order valence-electron chi connectivity index (χ1n) is 4.63. The molecule has 2 rings (SSSR count). The Morgan fingerprint density at radius 1 is 1.13 bits per heavy atom. The summed E-state index contributed by atoms with van der Waals surface area (Å²) in [7, 11) is 0. The van der Waals surface area contributed by atoms with Crippen LogP contribution in [-0.2, 0) is 4.79 Å². The lowest BCUT2D eigenvalue weighted by Gasteiger charge is -2.03. The zero-order chi connectivity index (χ0) is 10.8. The number of carbonyl (C=O) groups is 1. The van der Waals surface area contributed by atoms with Gasteiger partial charge in [-0.05, 0) is 35.0 Å².